The van der Waals surface area contributed by atoms with Crippen LogP contribution in [0.4, 0.5) is 0 Å². The van der Waals surface area contributed by atoms with Gasteiger partial charge >= 0.3 is 5.97 Å². The third kappa shape index (κ3) is 3.51. The van der Waals surface area contributed by atoms with Crippen molar-refractivity contribution in [2.45, 2.75) is 16.7 Å². The number of esters is 1. The van der Waals surface area contributed by atoms with Gasteiger partial charge in [-0.2, -0.15) is 0 Å². The number of hydrogen-bond donors (Lipinski definition) is 0. The first-order valence-corrected chi connectivity index (χ1v) is 7.52. The molecule has 0 N–H and O–H groups in total. The first-order chi connectivity index (χ1) is 8.13. The molecule has 3 nitrogen and oxygen atoms in total. The Bertz CT molecular complexity index is 430. The van der Waals surface area contributed by atoms with Crippen molar-refractivity contribution in [1.82, 2.24) is 0 Å². The summed E-state index contributed by atoms with van der Waals surface area (Å²) in [7, 11) is 0. The SMILES string of the molecule is CCOC(=O)C(=O)c1ccc(SC)cc1SC. The number of rotatable bonds is 5. The first kappa shape index (κ1) is 14.1. The quantitative estimate of drug-likeness (QED) is 0.356. The van der Waals surface area contributed by atoms with Crippen molar-refractivity contribution >= 4 is 35.3 Å². The molecule has 0 aliphatic heterocycles. The molecule has 0 aromatic heterocycles. The van der Waals surface area contributed by atoms with Crippen LogP contribution in [0.15, 0.2) is 28.0 Å². The molecule has 0 aliphatic rings. The molecule has 0 saturated heterocycles. The lowest BCUT2D eigenvalue weighted by Crippen LogP contribution is -2.18. The molecule has 1 aromatic rings. The van der Waals surface area contributed by atoms with Crippen LogP contribution < -0.4 is 0 Å². The summed E-state index contributed by atoms with van der Waals surface area (Å²) in [6.45, 7) is 1.89. The Hall–Kier alpha value is -0.940. The summed E-state index contributed by atoms with van der Waals surface area (Å²) in [6.07, 6.45) is 3.84. The summed E-state index contributed by atoms with van der Waals surface area (Å²) in [5.74, 6) is -1.37. The van der Waals surface area contributed by atoms with Crippen LogP contribution in [0.3, 0.4) is 0 Å². The molecular weight excluding hydrogens is 256 g/mol. The van der Waals surface area contributed by atoms with Crippen LogP contribution in [0, 0.1) is 0 Å². The van der Waals surface area contributed by atoms with E-state index in [2.05, 4.69) is 0 Å². The van der Waals surface area contributed by atoms with E-state index in [9.17, 15) is 9.59 Å². The maximum atomic E-state index is 11.8. The van der Waals surface area contributed by atoms with E-state index in [4.69, 9.17) is 4.74 Å². The Balaban J connectivity index is 3.05. The van der Waals surface area contributed by atoms with E-state index < -0.39 is 11.8 Å². The second kappa shape index (κ2) is 6.71. The summed E-state index contributed by atoms with van der Waals surface area (Å²) >= 11 is 3.04. The van der Waals surface area contributed by atoms with Crippen LogP contribution in [-0.2, 0) is 9.53 Å². The van der Waals surface area contributed by atoms with Gasteiger partial charge in [-0.15, -0.1) is 23.5 Å². The minimum Gasteiger partial charge on any atom is -0.460 e. The molecule has 5 heteroatoms. The van der Waals surface area contributed by atoms with Crippen molar-refractivity contribution in [3.8, 4) is 0 Å². The highest BCUT2D eigenvalue weighted by Crippen LogP contribution is 2.26. The highest BCUT2D eigenvalue weighted by Gasteiger charge is 2.20. The van der Waals surface area contributed by atoms with E-state index in [0.29, 0.717) is 5.56 Å². The number of Topliss-reactive ketones (excluding diaryl/α,β-unsaturated/α-hetero) is 1. The molecule has 92 valence electrons. The topological polar surface area (TPSA) is 43.4 Å². The lowest BCUT2D eigenvalue weighted by atomic mass is 10.1. The van der Waals surface area contributed by atoms with Gasteiger partial charge in [0.1, 0.15) is 0 Å². The molecule has 0 bridgehead atoms. The van der Waals surface area contributed by atoms with Gasteiger partial charge in [-0.25, -0.2) is 4.79 Å². The van der Waals surface area contributed by atoms with Crippen molar-refractivity contribution in [2.24, 2.45) is 0 Å². The predicted molar refractivity (Wildman–Crippen MR) is 71.0 cm³/mol. The van der Waals surface area contributed by atoms with E-state index in [1.807, 2.05) is 24.6 Å². The second-order valence-corrected chi connectivity index (χ2v) is 4.84. The number of hydrogen-bond acceptors (Lipinski definition) is 5. The highest BCUT2D eigenvalue weighted by molar-refractivity contribution is 7.99. The van der Waals surface area contributed by atoms with Gasteiger partial charge in [-0.1, -0.05) is 0 Å². The molecule has 0 fully saturated rings. The van der Waals surface area contributed by atoms with Gasteiger partial charge in [0.2, 0.25) is 0 Å². The molecule has 0 heterocycles. The van der Waals surface area contributed by atoms with Crippen LogP contribution in [0.2, 0.25) is 0 Å². The van der Waals surface area contributed by atoms with Crippen LogP contribution >= 0.6 is 23.5 Å². The van der Waals surface area contributed by atoms with Gasteiger partial charge in [0.15, 0.2) is 0 Å². The number of ketones is 1. The van der Waals surface area contributed by atoms with Gasteiger partial charge in [-0.3, -0.25) is 4.79 Å². The third-order valence-corrected chi connectivity index (χ3v) is 3.62. The van der Waals surface area contributed by atoms with Gasteiger partial charge in [-0.05, 0) is 37.6 Å². The van der Waals surface area contributed by atoms with E-state index >= 15 is 0 Å². The summed E-state index contributed by atoms with van der Waals surface area (Å²) in [5, 5.41) is 0. The number of carbonyl (C=O) groups excluding carboxylic acids is 2. The molecule has 0 saturated carbocycles. The fourth-order valence-corrected chi connectivity index (χ4v) is 2.43. The summed E-state index contributed by atoms with van der Waals surface area (Å²) < 4.78 is 4.71. The fourth-order valence-electron chi connectivity index (χ4n) is 1.29. The summed E-state index contributed by atoms with van der Waals surface area (Å²) in [6, 6.07) is 5.41. The lowest BCUT2D eigenvalue weighted by molar-refractivity contribution is -0.137. The zero-order chi connectivity index (χ0) is 12.8. The largest absolute Gasteiger partial charge is 0.460 e. The van der Waals surface area contributed by atoms with Crippen LogP contribution in [-0.4, -0.2) is 30.9 Å². The number of thioether (sulfide) groups is 2. The van der Waals surface area contributed by atoms with Crippen molar-refractivity contribution in [2.75, 3.05) is 19.1 Å². The van der Waals surface area contributed by atoms with Crippen LogP contribution in [0.1, 0.15) is 17.3 Å². The predicted octanol–water partition coefficient (Wildman–Crippen LogP) is 2.88. The van der Waals surface area contributed by atoms with Crippen LogP contribution in [0.5, 0.6) is 0 Å². The molecule has 0 atom stereocenters. The maximum absolute atomic E-state index is 11.8. The second-order valence-electron chi connectivity index (χ2n) is 3.12. The van der Waals surface area contributed by atoms with Gasteiger partial charge in [0.25, 0.3) is 5.78 Å². The van der Waals surface area contributed by atoms with E-state index in [0.717, 1.165) is 9.79 Å². The van der Waals surface area contributed by atoms with Gasteiger partial charge < -0.3 is 4.74 Å². The van der Waals surface area contributed by atoms with Crippen molar-refractivity contribution in [1.29, 1.82) is 0 Å². The van der Waals surface area contributed by atoms with E-state index in [-0.39, 0.29) is 6.61 Å². The monoisotopic (exact) mass is 270 g/mol. The molecule has 0 amide bonds. The summed E-state index contributed by atoms with van der Waals surface area (Å²) in [4.78, 5) is 25.1. The third-order valence-electron chi connectivity index (χ3n) is 2.11. The Morgan fingerprint density at radius 3 is 2.47 bits per heavy atom. The number of benzene rings is 1. The average Bonchev–Trinajstić information content (AvgIpc) is 2.37. The molecule has 0 spiro atoms. The van der Waals surface area contributed by atoms with Crippen molar-refractivity contribution in [3.63, 3.8) is 0 Å². The zero-order valence-corrected chi connectivity index (χ0v) is 11.6. The minimum absolute atomic E-state index is 0.210. The normalized spacial score (nSPS) is 10.1. The molecule has 17 heavy (non-hydrogen) atoms. The molecule has 0 unspecified atom stereocenters. The van der Waals surface area contributed by atoms with Gasteiger partial charge in [0.05, 0.1) is 6.61 Å². The molecule has 0 aliphatic carbocycles. The highest BCUT2D eigenvalue weighted by atomic mass is 32.2. The van der Waals surface area contributed by atoms with Crippen molar-refractivity contribution in [3.05, 3.63) is 23.8 Å². The Morgan fingerprint density at radius 2 is 1.94 bits per heavy atom. The fraction of sp³-hybridized carbons (Fsp3) is 0.333. The molecule has 1 rings (SSSR count). The molecule has 1 aromatic carbocycles. The minimum atomic E-state index is -0.792. The lowest BCUT2D eigenvalue weighted by Gasteiger charge is -2.07. The van der Waals surface area contributed by atoms with Crippen LogP contribution in [0.25, 0.3) is 0 Å². The molecule has 0 radical (unpaired) electrons. The van der Waals surface area contributed by atoms with Crippen molar-refractivity contribution < 1.29 is 14.3 Å². The Labute approximate surface area is 109 Å². The number of ether oxygens (including phenoxy) is 1. The first-order valence-electron chi connectivity index (χ1n) is 5.07. The summed E-state index contributed by atoms with van der Waals surface area (Å²) in [5.41, 5.74) is 0.411. The van der Waals surface area contributed by atoms with E-state index in [1.54, 1.807) is 24.8 Å². The Kier molecular flexibility index (Phi) is 5.58. The number of carbonyl (C=O) groups is 2. The smallest absolute Gasteiger partial charge is 0.379 e. The van der Waals surface area contributed by atoms with E-state index in [1.165, 1.54) is 11.8 Å². The van der Waals surface area contributed by atoms with Gasteiger partial charge in [0, 0.05) is 15.4 Å². The molecular formula is C12H14O3S2. The maximum Gasteiger partial charge on any atom is 0.379 e. The average molecular weight is 270 g/mol. The Morgan fingerprint density at radius 1 is 1.24 bits per heavy atom. The zero-order valence-electron chi connectivity index (χ0n) is 9.98. The standard InChI is InChI=1S/C12H14O3S2/c1-4-15-12(14)11(13)9-6-5-8(16-2)7-10(9)17-3/h5-7H,4H2,1-3H3.